The van der Waals surface area contributed by atoms with Crippen LogP contribution in [0.2, 0.25) is 0 Å². The normalized spacial score (nSPS) is 12.9. The monoisotopic (exact) mass is 190 g/mol. The van der Waals surface area contributed by atoms with Crippen LogP contribution in [0.4, 0.5) is 0 Å². The maximum Gasteiger partial charge on any atom is 0.206 e. The van der Waals surface area contributed by atoms with Crippen molar-refractivity contribution in [2.45, 2.75) is 11.8 Å². The molecule has 1 unspecified atom stereocenters. The Morgan fingerprint density at radius 1 is 1.45 bits per heavy atom. The van der Waals surface area contributed by atoms with E-state index in [2.05, 4.69) is 3.74 Å². The molecular weight excluding hydrogens is 184 g/mol. The average molecular weight is 191 g/mol. The van der Waals surface area contributed by atoms with Crippen molar-refractivity contribution in [3.8, 4) is 0 Å². The van der Waals surface area contributed by atoms with Gasteiger partial charge in [-0.25, -0.2) is 4.21 Å². The molecule has 0 bridgehead atoms. The van der Waals surface area contributed by atoms with Gasteiger partial charge in [0.25, 0.3) is 0 Å². The Morgan fingerprint density at radius 2 is 2.09 bits per heavy atom. The lowest BCUT2D eigenvalue weighted by molar-refractivity contribution is 0.597. The van der Waals surface area contributed by atoms with Crippen LogP contribution in [-0.4, -0.2) is 4.21 Å². The van der Waals surface area contributed by atoms with E-state index in [9.17, 15) is 4.21 Å². The Bertz CT molecular complexity index is 275. The molecule has 0 aliphatic rings. The summed E-state index contributed by atoms with van der Waals surface area (Å²) in [6, 6.07) is 7.22. The molecule has 0 fully saturated rings. The second-order valence-electron chi connectivity index (χ2n) is 2.06. The maximum atomic E-state index is 11.0. The second-order valence-corrected chi connectivity index (χ2v) is 3.48. The lowest BCUT2D eigenvalue weighted by Gasteiger charge is -1.99. The number of rotatable bonds is 2. The first-order valence-electron chi connectivity index (χ1n) is 3.02. The fraction of sp³-hybridized carbons (Fsp3) is 0.143. The molecule has 1 aromatic rings. The molecule has 60 valence electrons. The van der Waals surface area contributed by atoms with Crippen molar-refractivity contribution >= 4 is 22.9 Å². The van der Waals surface area contributed by atoms with Crippen LogP contribution in [0.5, 0.6) is 0 Å². The van der Waals surface area contributed by atoms with Gasteiger partial charge in [0.15, 0.2) is 0 Å². The van der Waals surface area contributed by atoms with Crippen LogP contribution in [-0.2, 0) is 14.8 Å². The Morgan fingerprint density at radius 3 is 2.64 bits per heavy atom. The first kappa shape index (κ1) is 8.71. The molecule has 0 heterocycles. The molecule has 0 radical (unpaired) electrons. The summed E-state index contributed by atoms with van der Waals surface area (Å²) in [6.45, 7) is 1.85. The van der Waals surface area contributed by atoms with Crippen molar-refractivity contribution < 1.29 is 7.94 Å². The summed E-state index contributed by atoms with van der Waals surface area (Å²) in [6.07, 6.45) is 0. The van der Waals surface area contributed by atoms with Gasteiger partial charge in [0.1, 0.15) is 0 Å². The summed E-state index contributed by atoms with van der Waals surface area (Å²) in [4.78, 5) is 0.613. The fourth-order valence-electron chi connectivity index (χ4n) is 0.777. The van der Waals surface area contributed by atoms with Gasteiger partial charge in [-0.05, 0) is 18.6 Å². The Labute approximate surface area is 73.0 Å². The van der Waals surface area contributed by atoms with E-state index in [-0.39, 0.29) is 0 Å². The summed E-state index contributed by atoms with van der Waals surface area (Å²) >= 11 is 3.42. The van der Waals surface area contributed by atoms with Crippen molar-refractivity contribution in [2.75, 3.05) is 0 Å². The van der Waals surface area contributed by atoms with E-state index in [1.54, 1.807) is 12.1 Å². The van der Waals surface area contributed by atoms with Crippen LogP contribution < -0.4 is 0 Å². The van der Waals surface area contributed by atoms with E-state index in [0.717, 1.165) is 5.56 Å². The Balaban J connectivity index is 3.03. The highest BCUT2D eigenvalue weighted by Gasteiger charge is 2.05. The van der Waals surface area contributed by atoms with Gasteiger partial charge in [0.05, 0.1) is 16.8 Å². The molecule has 1 atom stereocenters. The quantitative estimate of drug-likeness (QED) is 0.715. The zero-order chi connectivity index (χ0) is 8.27. The van der Waals surface area contributed by atoms with Gasteiger partial charge in [0, 0.05) is 0 Å². The average Bonchev–Trinajstić information content (AvgIpc) is 2.04. The molecule has 0 amide bonds. The summed E-state index contributed by atoms with van der Waals surface area (Å²) in [5.74, 6) is 0. The zero-order valence-electron chi connectivity index (χ0n) is 5.91. The van der Waals surface area contributed by atoms with Gasteiger partial charge in [-0.3, -0.25) is 0 Å². The van der Waals surface area contributed by atoms with Crippen molar-refractivity contribution in [2.24, 2.45) is 0 Å². The number of hydrogen-bond donors (Lipinski definition) is 0. The van der Waals surface area contributed by atoms with Gasteiger partial charge in [-0.2, -0.15) is 3.74 Å². The molecule has 0 spiro atoms. The van der Waals surface area contributed by atoms with Crippen molar-refractivity contribution in [1.82, 2.24) is 0 Å². The smallest absolute Gasteiger partial charge is 0.206 e. The number of halogens is 1. The van der Waals surface area contributed by atoms with Crippen LogP contribution in [0.1, 0.15) is 5.56 Å². The fourth-order valence-corrected chi connectivity index (χ4v) is 1.57. The summed E-state index contributed by atoms with van der Waals surface area (Å²) < 4.78 is 15.2. The SMILES string of the molecule is Cc1ccccc1S(=O)OCl. The molecule has 1 rings (SSSR count). The first-order valence-corrected chi connectivity index (χ1v) is 4.40. The van der Waals surface area contributed by atoms with Gasteiger partial charge < -0.3 is 0 Å². The minimum Gasteiger partial charge on any atom is -0.223 e. The van der Waals surface area contributed by atoms with E-state index in [1.165, 1.54) is 0 Å². The van der Waals surface area contributed by atoms with Gasteiger partial charge in [-0.15, -0.1) is 0 Å². The van der Waals surface area contributed by atoms with Crippen LogP contribution in [0, 0.1) is 6.92 Å². The summed E-state index contributed by atoms with van der Waals surface area (Å²) in [5, 5.41) is 0. The molecule has 0 aromatic heterocycles. The highest BCUT2D eigenvalue weighted by atomic mass is 35.5. The largest absolute Gasteiger partial charge is 0.223 e. The number of hydrogen-bond acceptors (Lipinski definition) is 2. The van der Waals surface area contributed by atoms with Crippen molar-refractivity contribution in [1.29, 1.82) is 0 Å². The van der Waals surface area contributed by atoms with Gasteiger partial charge in [-0.1, -0.05) is 18.2 Å². The van der Waals surface area contributed by atoms with Crippen molar-refractivity contribution in [3.63, 3.8) is 0 Å². The second kappa shape index (κ2) is 3.85. The number of benzene rings is 1. The lowest BCUT2D eigenvalue weighted by Crippen LogP contribution is -1.92. The van der Waals surface area contributed by atoms with Crippen molar-refractivity contribution in [3.05, 3.63) is 29.8 Å². The van der Waals surface area contributed by atoms with Crippen LogP contribution in [0.3, 0.4) is 0 Å². The molecule has 1 aromatic carbocycles. The molecule has 11 heavy (non-hydrogen) atoms. The van der Waals surface area contributed by atoms with E-state index in [1.807, 2.05) is 19.1 Å². The molecular formula is C7H7ClO2S. The van der Waals surface area contributed by atoms with Gasteiger partial charge in [0.2, 0.25) is 11.1 Å². The molecule has 0 aliphatic heterocycles. The zero-order valence-corrected chi connectivity index (χ0v) is 7.48. The third-order valence-corrected chi connectivity index (χ3v) is 2.61. The highest BCUT2D eigenvalue weighted by Crippen LogP contribution is 2.13. The topological polar surface area (TPSA) is 26.3 Å². The van der Waals surface area contributed by atoms with E-state index >= 15 is 0 Å². The van der Waals surface area contributed by atoms with Crippen LogP contribution in [0.25, 0.3) is 0 Å². The maximum absolute atomic E-state index is 11.0. The van der Waals surface area contributed by atoms with Crippen LogP contribution >= 0.6 is 11.9 Å². The third kappa shape index (κ3) is 2.02. The Hall–Kier alpha value is -0.380. The number of aryl methyl sites for hydroxylation is 1. The first-order chi connectivity index (χ1) is 5.25. The highest BCUT2D eigenvalue weighted by molar-refractivity contribution is 7.81. The predicted octanol–water partition coefficient (Wildman–Crippen LogP) is 2.19. The van der Waals surface area contributed by atoms with E-state index in [4.69, 9.17) is 11.9 Å². The summed E-state index contributed by atoms with van der Waals surface area (Å²) in [7, 11) is 0. The molecule has 0 aliphatic carbocycles. The minimum atomic E-state index is -1.54. The van der Waals surface area contributed by atoms with E-state index < -0.39 is 11.1 Å². The minimum absolute atomic E-state index is 0.613. The standard InChI is InChI=1S/C7H7ClO2S/c1-6-4-2-3-5-7(6)11(9)10-8/h2-5H,1H3. The predicted molar refractivity (Wildman–Crippen MR) is 44.5 cm³/mol. The molecule has 0 N–H and O–H groups in total. The molecule has 0 saturated carbocycles. The summed E-state index contributed by atoms with van der Waals surface area (Å²) in [5.41, 5.74) is 0.909. The molecule has 4 heteroatoms. The Kier molecular flexibility index (Phi) is 3.05. The van der Waals surface area contributed by atoms with Crippen LogP contribution in [0.15, 0.2) is 29.2 Å². The molecule has 2 nitrogen and oxygen atoms in total. The van der Waals surface area contributed by atoms with E-state index in [0.29, 0.717) is 4.90 Å². The lowest BCUT2D eigenvalue weighted by atomic mass is 10.2. The van der Waals surface area contributed by atoms with Gasteiger partial charge >= 0.3 is 0 Å². The molecule has 0 saturated heterocycles. The third-order valence-electron chi connectivity index (χ3n) is 1.33.